The van der Waals surface area contributed by atoms with Crippen molar-refractivity contribution in [1.82, 2.24) is 5.32 Å². The second-order valence-electron chi connectivity index (χ2n) is 3.49. The van der Waals surface area contributed by atoms with Crippen LogP contribution in [0.4, 0.5) is 0 Å². The third-order valence-corrected chi connectivity index (χ3v) is 2.27. The lowest BCUT2D eigenvalue weighted by Crippen LogP contribution is -2.28. The smallest absolute Gasteiger partial charge is 0.00866 e. The summed E-state index contributed by atoms with van der Waals surface area (Å²) in [7, 11) is 0. The van der Waals surface area contributed by atoms with Crippen LogP contribution in [-0.4, -0.2) is 12.6 Å². The van der Waals surface area contributed by atoms with Crippen molar-refractivity contribution in [2.45, 2.75) is 58.4 Å². The first-order chi connectivity index (χ1) is 6.35. The van der Waals surface area contributed by atoms with E-state index in [0.29, 0.717) is 6.04 Å². The van der Waals surface area contributed by atoms with E-state index in [2.05, 4.69) is 25.1 Å². The second-order valence-corrected chi connectivity index (χ2v) is 3.49. The predicted molar refractivity (Wildman–Crippen MR) is 59.7 cm³/mol. The van der Waals surface area contributed by atoms with Crippen LogP contribution in [0.25, 0.3) is 0 Å². The number of rotatable bonds is 8. The molecular formula is C12H23N. The van der Waals surface area contributed by atoms with E-state index < -0.39 is 0 Å². The van der Waals surface area contributed by atoms with E-state index in [1.54, 1.807) is 0 Å². The Morgan fingerprint density at radius 1 is 1.23 bits per heavy atom. The van der Waals surface area contributed by atoms with Crippen molar-refractivity contribution in [2.75, 3.05) is 6.54 Å². The molecule has 13 heavy (non-hydrogen) atoms. The molecule has 1 unspecified atom stereocenters. The first-order valence-corrected chi connectivity index (χ1v) is 5.52. The molecule has 0 amide bonds. The van der Waals surface area contributed by atoms with Crippen molar-refractivity contribution < 1.29 is 0 Å². The van der Waals surface area contributed by atoms with Crippen molar-refractivity contribution >= 4 is 0 Å². The normalized spacial score (nSPS) is 12.4. The summed E-state index contributed by atoms with van der Waals surface area (Å²) in [5.41, 5.74) is 0. The zero-order chi connectivity index (χ0) is 9.94. The molecule has 0 bridgehead atoms. The van der Waals surface area contributed by atoms with Gasteiger partial charge in [-0.2, -0.15) is 0 Å². The molecule has 0 saturated carbocycles. The average molecular weight is 181 g/mol. The molecule has 0 aliphatic heterocycles. The summed E-state index contributed by atoms with van der Waals surface area (Å²) < 4.78 is 0. The highest BCUT2D eigenvalue weighted by Crippen LogP contribution is 2.08. The summed E-state index contributed by atoms with van der Waals surface area (Å²) in [5.74, 6) is 2.69. The van der Waals surface area contributed by atoms with Crippen LogP contribution in [0.15, 0.2) is 0 Å². The Hall–Kier alpha value is -0.480. The van der Waals surface area contributed by atoms with Gasteiger partial charge >= 0.3 is 0 Å². The quantitative estimate of drug-likeness (QED) is 0.448. The third-order valence-electron chi connectivity index (χ3n) is 2.27. The van der Waals surface area contributed by atoms with Crippen LogP contribution in [0.1, 0.15) is 52.4 Å². The molecule has 0 rings (SSSR count). The van der Waals surface area contributed by atoms with E-state index in [-0.39, 0.29) is 0 Å². The van der Waals surface area contributed by atoms with Crippen LogP contribution in [0, 0.1) is 12.3 Å². The van der Waals surface area contributed by atoms with E-state index in [1.807, 2.05) is 0 Å². The molecule has 1 N–H and O–H groups in total. The van der Waals surface area contributed by atoms with E-state index in [9.17, 15) is 0 Å². The number of terminal acetylenes is 1. The number of hydrogen-bond acceptors (Lipinski definition) is 1. The van der Waals surface area contributed by atoms with Crippen molar-refractivity contribution in [1.29, 1.82) is 0 Å². The van der Waals surface area contributed by atoms with Gasteiger partial charge in [-0.25, -0.2) is 0 Å². The lowest BCUT2D eigenvalue weighted by atomic mass is 10.0. The molecule has 0 aliphatic rings. The lowest BCUT2D eigenvalue weighted by Gasteiger charge is -2.16. The molecular weight excluding hydrogens is 158 g/mol. The van der Waals surface area contributed by atoms with Gasteiger partial charge in [0.15, 0.2) is 0 Å². The van der Waals surface area contributed by atoms with Crippen molar-refractivity contribution in [3.63, 3.8) is 0 Å². The van der Waals surface area contributed by atoms with Crippen LogP contribution in [0.5, 0.6) is 0 Å². The van der Waals surface area contributed by atoms with Gasteiger partial charge in [-0.15, -0.1) is 12.3 Å². The van der Waals surface area contributed by atoms with Gasteiger partial charge < -0.3 is 5.32 Å². The van der Waals surface area contributed by atoms with Crippen molar-refractivity contribution in [3.8, 4) is 12.3 Å². The maximum absolute atomic E-state index is 5.22. The molecule has 0 heterocycles. The van der Waals surface area contributed by atoms with Gasteiger partial charge in [0.05, 0.1) is 0 Å². The molecule has 0 aliphatic carbocycles. The Bertz CT molecular complexity index is 135. The van der Waals surface area contributed by atoms with Crippen LogP contribution in [0.3, 0.4) is 0 Å². The predicted octanol–water partition coefficient (Wildman–Crippen LogP) is 2.96. The highest BCUT2D eigenvalue weighted by atomic mass is 14.9. The molecule has 76 valence electrons. The Morgan fingerprint density at radius 3 is 2.46 bits per heavy atom. The summed E-state index contributed by atoms with van der Waals surface area (Å²) in [4.78, 5) is 0. The fourth-order valence-corrected chi connectivity index (χ4v) is 1.54. The Kier molecular flexibility index (Phi) is 9.25. The number of unbranched alkanes of at least 4 members (excludes halogenated alkanes) is 2. The van der Waals surface area contributed by atoms with Gasteiger partial charge in [0.25, 0.3) is 0 Å². The molecule has 0 radical (unpaired) electrons. The standard InChI is InChI=1S/C12H23N/c1-4-7-9-11-12(13-6-3)10-8-5-2/h1,12-13H,5-11H2,2-3H3. The van der Waals surface area contributed by atoms with Gasteiger partial charge in [-0.05, 0) is 25.8 Å². The minimum atomic E-state index is 0.693. The molecule has 1 heteroatoms. The van der Waals surface area contributed by atoms with Crippen molar-refractivity contribution in [2.24, 2.45) is 0 Å². The molecule has 0 fully saturated rings. The van der Waals surface area contributed by atoms with Crippen molar-refractivity contribution in [3.05, 3.63) is 0 Å². The highest BCUT2D eigenvalue weighted by Gasteiger charge is 2.04. The Morgan fingerprint density at radius 2 is 1.92 bits per heavy atom. The van der Waals surface area contributed by atoms with Gasteiger partial charge in [0.2, 0.25) is 0 Å². The third kappa shape index (κ3) is 7.87. The van der Waals surface area contributed by atoms with E-state index >= 15 is 0 Å². The first kappa shape index (κ1) is 12.5. The zero-order valence-corrected chi connectivity index (χ0v) is 9.10. The molecule has 1 nitrogen and oxygen atoms in total. The molecule has 0 spiro atoms. The molecule has 0 saturated heterocycles. The topological polar surface area (TPSA) is 12.0 Å². The SMILES string of the molecule is C#CCCCC(CCCC)NCC. The Balaban J connectivity index is 3.48. The summed E-state index contributed by atoms with van der Waals surface area (Å²) in [5, 5.41) is 3.51. The number of hydrogen-bond donors (Lipinski definition) is 1. The fourth-order valence-electron chi connectivity index (χ4n) is 1.54. The largest absolute Gasteiger partial charge is 0.314 e. The lowest BCUT2D eigenvalue weighted by molar-refractivity contribution is 0.440. The Labute approximate surface area is 83.3 Å². The second kappa shape index (κ2) is 9.61. The van der Waals surface area contributed by atoms with Gasteiger partial charge in [0.1, 0.15) is 0 Å². The minimum Gasteiger partial charge on any atom is -0.314 e. The van der Waals surface area contributed by atoms with E-state index in [1.165, 1.54) is 25.7 Å². The van der Waals surface area contributed by atoms with E-state index in [4.69, 9.17) is 6.42 Å². The van der Waals surface area contributed by atoms with Crippen LogP contribution in [0.2, 0.25) is 0 Å². The highest BCUT2D eigenvalue weighted by molar-refractivity contribution is 4.83. The monoisotopic (exact) mass is 181 g/mol. The zero-order valence-electron chi connectivity index (χ0n) is 9.10. The number of nitrogens with one attached hydrogen (secondary N) is 1. The average Bonchev–Trinajstić information content (AvgIpc) is 2.14. The molecule has 0 aromatic carbocycles. The fraction of sp³-hybridized carbons (Fsp3) is 0.833. The van der Waals surface area contributed by atoms with Gasteiger partial charge in [-0.3, -0.25) is 0 Å². The van der Waals surface area contributed by atoms with Gasteiger partial charge in [-0.1, -0.05) is 26.7 Å². The van der Waals surface area contributed by atoms with Crippen LogP contribution in [-0.2, 0) is 0 Å². The maximum Gasteiger partial charge on any atom is 0.00866 e. The first-order valence-electron chi connectivity index (χ1n) is 5.52. The van der Waals surface area contributed by atoms with Gasteiger partial charge in [0, 0.05) is 12.5 Å². The van der Waals surface area contributed by atoms with Crippen LogP contribution >= 0.6 is 0 Å². The van der Waals surface area contributed by atoms with Crippen LogP contribution < -0.4 is 5.32 Å². The summed E-state index contributed by atoms with van der Waals surface area (Å²) in [6.07, 6.45) is 12.5. The summed E-state index contributed by atoms with van der Waals surface area (Å²) >= 11 is 0. The molecule has 1 atom stereocenters. The maximum atomic E-state index is 5.22. The molecule has 0 aromatic rings. The van der Waals surface area contributed by atoms with E-state index in [0.717, 1.165) is 19.4 Å². The summed E-state index contributed by atoms with van der Waals surface area (Å²) in [6.45, 7) is 5.48. The molecule has 0 aromatic heterocycles. The minimum absolute atomic E-state index is 0.693. The summed E-state index contributed by atoms with van der Waals surface area (Å²) in [6, 6.07) is 0.693.